The average molecular weight is 524 g/mol. The molecule has 0 unspecified atom stereocenters. The second-order valence-electron chi connectivity index (χ2n) is 10.4. The number of aromatic nitrogens is 4. The molecule has 0 spiro atoms. The highest BCUT2D eigenvalue weighted by Crippen LogP contribution is 2.43. The fourth-order valence-electron chi connectivity index (χ4n) is 6.05. The molecule has 3 aliphatic rings. The quantitative estimate of drug-likeness (QED) is 0.564. The van der Waals surface area contributed by atoms with E-state index < -0.39 is 6.43 Å². The van der Waals surface area contributed by atoms with Crippen molar-refractivity contribution in [3.63, 3.8) is 0 Å². The van der Waals surface area contributed by atoms with Crippen molar-refractivity contribution in [3.8, 4) is 11.1 Å². The van der Waals surface area contributed by atoms with Gasteiger partial charge in [-0.3, -0.25) is 19.0 Å². The Labute approximate surface area is 219 Å². The van der Waals surface area contributed by atoms with Crippen LogP contribution in [0.3, 0.4) is 0 Å². The molecule has 3 aliphatic heterocycles. The SMILES string of the molecule is CC(=O)N1CCc2c(c(N3CCCc4cc(-c5cnn(C)c5)c(C(F)F)cc43)nn2[C@H]2CCNC(=O)C2)C1. The van der Waals surface area contributed by atoms with Crippen LogP contribution in [0.2, 0.25) is 0 Å². The van der Waals surface area contributed by atoms with Gasteiger partial charge < -0.3 is 15.1 Å². The minimum Gasteiger partial charge on any atom is -0.356 e. The van der Waals surface area contributed by atoms with Crippen LogP contribution in [-0.2, 0) is 36.0 Å². The van der Waals surface area contributed by atoms with Crippen molar-refractivity contribution in [1.29, 1.82) is 0 Å². The van der Waals surface area contributed by atoms with Crippen molar-refractivity contribution >= 4 is 23.3 Å². The van der Waals surface area contributed by atoms with E-state index in [1.807, 2.05) is 15.6 Å². The van der Waals surface area contributed by atoms with E-state index in [0.29, 0.717) is 56.0 Å². The second kappa shape index (κ2) is 9.52. The third kappa shape index (κ3) is 4.23. The summed E-state index contributed by atoms with van der Waals surface area (Å²) in [6.45, 7) is 3.80. The zero-order valence-corrected chi connectivity index (χ0v) is 21.6. The number of nitrogens with zero attached hydrogens (tertiary/aromatic N) is 6. The molecule has 1 saturated heterocycles. The lowest BCUT2D eigenvalue weighted by molar-refractivity contribution is -0.129. The maximum Gasteiger partial charge on any atom is 0.264 e. The molecule has 1 fully saturated rings. The summed E-state index contributed by atoms with van der Waals surface area (Å²) in [5, 5.41) is 12.1. The number of rotatable bonds is 4. The molecule has 2 aromatic heterocycles. The van der Waals surface area contributed by atoms with Crippen LogP contribution in [0.15, 0.2) is 24.5 Å². The number of anilines is 2. The van der Waals surface area contributed by atoms with Crippen LogP contribution in [0.25, 0.3) is 11.1 Å². The molecule has 9 nitrogen and oxygen atoms in total. The van der Waals surface area contributed by atoms with Crippen LogP contribution >= 0.6 is 0 Å². The lowest BCUT2D eigenvalue weighted by Crippen LogP contribution is -2.37. The number of hydrogen-bond donors (Lipinski definition) is 1. The van der Waals surface area contributed by atoms with Crippen molar-refractivity contribution in [2.75, 3.05) is 24.5 Å². The van der Waals surface area contributed by atoms with Gasteiger partial charge in [-0.1, -0.05) is 0 Å². The monoisotopic (exact) mass is 523 g/mol. The number of halogens is 2. The number of carbonyl (C=O) groups is 2. The van der Waals surface area contributed by atoms with Gasteiger partial charge in [0.15, 0.2) is 5.82 Å². The van der Waals surface area contributed by atoms with Crippen LogP contribution in [0, 0.1) is 0 Å². The second-order valence-corrected chi connectivity index (χ2v) is 10.4. The van der Waals surface area contributed by atoms with Crippen LogP contribution < -0.4 is 10.2 Å². The lowest BCUT2D eigenvalue weighted by Gasteiger charge is -2.33. The summed E-state index contributed by atoms with van der Waals surface area (Å²) in [5.41, 5.74) is 4.82. The van der Waals surface area contributed by atoms with Gasteiger partial charge in [0.1, 0.15) is 0 Å². The van der Waals surface area contributed by atoms with Gasteiger partial charge in [-0.2, -0.15) is 10.2 Å². The van der Waals surface area contributed by atoms with Crippen molar-refractivity contribution in [1.82, 2.24) is 29.8 Å². The highest BCUT2D eigenvalue weighted by Gasteiger charge is 2.34. The Morgan fingerprint density at radius 2 is 2.05 bits per heavy atom. The number of carbonyl (C=O) groups excluding carboxylic acids is 2. The summed E-state index contributed by atoms with van der Waals surface area (Å²) in [4.78, 5) is 28.3. The molecule has 1 N–H and O–H groups in total. The number of aryl methyl sites for hydroxylation is 2. The van der Waals surface area contributed by atoms with E-state index in [1.165, 1.54) is 0 Å². The maximum absolute atomic E-state index is 14.4. The van der Waals surface area contributed by atoms with Crippen molar-refractivity contribution < 1.29 is 18.4 Å². The van der Waals surface area contributed by atoms with Crippen LogP contribution in [-0.4, -0.2) is 55.9 Å². The lowest BCUT2D eigenvalue weighted by atomic mass is 9.92. The van der Waals surface area contributed by atoms with Crippen LogP contribution in [0.1, 0.15) is 61.0 Å². The number of piperidine rings is 1. The summed E-state index contributed by atoms with van der Waals surface area (Å²) in [6, 6.07) is 3.41. The molecule has 2 amide bonds. The minimum absolute atomic E-state index is 0.000969. The molecule has 1 aromatic carbocycles. The van der Waals surface area contributed by atoms with Crippen molar-refractivity contribution in [3.05, 3.63) is 46.9 Å². The van der Waals surface area contributed by atoms with Gasteiger partial charge in [-0.05, 0) is 42.5 Å². The first kappa shape index (κ1) is 24.6. The molecule has 11 heteroatoms. The molecule has 0 saturated carbocycles. The summed E-state index contributed by atoms with van der Waals surface area (Å²) < 4.78 is 32.3. The molecular weight excluding hydrogens is 492 g/mol. The molecule has 3 aromatic rings. The molecule has 0 radical (unpaired) electrons. The van der Waals surface area contributed by atoms with E-state index in [-0.39, 0.29) is 23.4 Å². The molecule has 200 valence electrons. The van der Waals surface area contributed by atoms with E-state index in [4.69, 9.17) is 5.10 Å². The first-order valence-corrected chi connectivity index (χ1v) is 13.1. The van der Waals surface area contributed by atoms with Gasteiger partial charge in [0.2, 0.25) is 11.8 Å². The number of fused-ring (bicyclic) bond motifs is 2. The van der Waals surface area contributed by atoms with E-state index >= 15 is 0 Å². The first-order chi connectivity index (χ1) is 18.3. The topological polar surface area (TPSA) is 88.3 Å². The third-order valence-electron chi connectivity index (χ3n) is 7.95. The molecule has 5 heterocycles. The number of benzene rings is 1. The zero-order chi connectivity index (χ0) is 26.6. The Morgan fingerprint density at radius 3 is 2.76 bits per heavy atom. The van der Waals surface area contributed by atoms with Gasteiger partial charge in [0.05, 0.1) is 18.8 Å². The summed E-state index contributed by atoms with van der Waals surface area (Å²) in [6.07, 6.45) is 4.10. The van der Waals surface area contributed by atoms with Gasteiger partial charge in [0.25, 0.3) is 6.43 Å². The molecule has 38 heavy (non-hydrogen) atoms. The fraction of sp³-hybridized carbons (Fsp3) is 0.481. The summed E-state index contributed by atoms with van der Waals surface area (Å²) >= 11 is 0. The van der Waals surface area contributed by atoms with Crippen molar-refractivity contribution in [2.24, 2.45) is 7.05 Å². The number of hydrogen-bond acceptors (Lipinski definition) is 5. The molecule has 6 rings (SSSR count). The smallest absolute Gasteiger partial charge is 0.264 e. The van der Waals surface area contributed by atoms with Gasteiger partial charge in [-0.25, -0.2) is 8.78 Å². The predicted molar refractivity (Wildman–Crippen MR) is 137 cm³/mol. The Bertz CT molecular complexity index is 1410. The molecule has 0 bridgehead atoms. The highest BCUT2D eigenvalue weighted by molar-refractivity contribution is 5.79. The third-order valence-corrected chi connectivity index (χ3v) is 7.95. The Balaban J connectivity index is 1.47. The number of amides is 2. The van der Waals surface area contributed by atoms with E-state index in [2.05, 4.69) is 10.4 Å². The largest absolute Gasteiger partial charge is 0.356 e. The number of alkyl halides is 2. The van der Waals surface area contributed by atoms with Crippen LogP contribution in [0.5, 0.6) is 0 Å². The summed E-state index contributed by atoms with van der Waals surface area (Å²) in [7, 11) is 1.77. The van der Waals surface area contributed by atoms with Crippen molar-refractivity contribution in [2.45, 2.75) is 58.0 Å². The molecule has 1 atom stereocenters. The van der Waals surface area contributed by atoms with Gasteiger partial charge >= 0.3 is 0 Å². The highest BCUT2D eigenvalue weighted by atomic mass is 19.3. The summed E-state index contributed by atoms with van der Waals surface area (Å²) in [5.74, 6) is 0.694. The van der Waals surface area contributed by atoms with Crippen LogP contribution in [0.4, 0.5) is 20.3 Å². The van der Waals surface area contributed by atoms with Gasteiger partial charge in [0, 0.05) is 80.7 Å². The Morgan fingerprint density at radius 1 is 1.21 bits per heavy atom. The molecule has 0 aliphatic carbocycles. The molecular formula is C27H31F2N7O2. The Kier molecular flexibility index (Phi) is 6.16. The van der Waals surface area contributed by atoms with Gasteiger partial charge in [-0.15, -0.1) is 0 Å². The normalized spacial score (nSPS) is 19.4. The number of nitrogens with one attached hydrogen (secondary N) is 1. The van der Waals surface area contributed by atoms with E-state index in [1.54, 1.807) is 42.0 Å². The fourth-order valence-corrected chi connectivity index (χ4v) is 6.05. The Hall–Kier alpha value is -3.76. The average Bonchev–Trinajstić information content (AvgIpc) is 3.50. The van der Waals surface area contributed by atoms with E-state index in [0.717, 1.165) is 41.8 Å². The standard InChI is InChI=1S/C27H31F2N7O2/c1-16(37)34-9-6-23-22(15-34)27(32-36(23)19-5-7-30-25(38)11-19)35-8-3-4-17-10-20(18-13-31-33(2)14-18)21(26(28)29)12-24(17)35/h10,12-14,19,26H,3-9,11,15H2,1-2H3,(H,30,38)/t19-/m0/s1. The predicted octanol–water partition coefficient (Wildman–Crippen LogP) is 3.66. The maximum atomic E-state index is 14.4. The first-order valence-electron chi connectivity index (χ1n) is 13.1. The van der Waals surface area contributed by atoms with E-state index in [9.17, 15) is 18.4 Å². The minimum atomic E-state index is -2.65. The zero-order valence-electron chi connectivity index (χ0n) is 21.6.